The average molecular weight is 642 g/mol. The summed E-state index contributed by atoms with van der Waals surface area (Å²) in [7, 11) is 0.281. The molecule has 0 aliphatic heterocycles. The lowest BCUT2D eigenvalue weighted by molar-refractivity contribution is -0.192. The van der Waals surface area contributed by atoms with Crippen molar-refractivity contribution in [1.82, 2.24) is 19.9 Å². The molecule has 1 unspecified atom stereocenters. The number of carboxylic acid groups (broad SMARTS) is 1. The third kappa shape index (κ3) is 7.04. The van der Waals surface area contributed by atoms with Crippen molar-refractivity contribution in [2.24, 2.45) is 7.05 Å². The summed E-state index contributed by atoms with van der Waals surface area (Å²) in [5.74, 6) is -3.67. The Labute approximate surface area is 253 Å². The predicted molar refractivity (Wildman–Crippen MR) is 155 cm³/mol. The fourth-order valence-electron chi connectivity index (χ4n) is 4.41. The van der Waals surface area contributed by atoms with Gasteiger partial charge in [0.2, 0.25) is 0 Å². The Kier molecular flexibility index (Phi) is 8.72. The molecular formula is C30H20F5N5O4S. The molecule has 0 spiro atoms. The van der Waals surface area contributed by atoms with E-state index in [0.717, 1.165) is 33.7 Å². The van der Waals surface area contributed by atoms with E-state index in [1.807, 2.05) is 49.5 Å². The molecule has 1 atom stereocenters. The second-order valence-electron chi connectivity index (χ2n) is 9.36. The van der Waals surface area contributed by atoms with Crippen LogP contribution in [0.5, 0.6) is 0 Å². The first-order valence-electron chi connectivity index (χ1n) is 12.8. The number of hydrogen-bond acceptors (Lipinski definition) is 6. The standard InChI is InChI=1S/C28H19F2N5O2S.C2HF3O2/c1-35-26(7-10-32-35)25-15-17(19-12-20(29)16-21(30)13-19)2-4-24(25)28-23-5-3-22(14-18(23)6-9-31-28)38(36)34-27-8-11-37-33-27;3-2(4,5)1(6)7/h2-16H,1H3,(H,33,34);(H,6,7). The Morgan fingerprint density at radius 3 is 2.27 bits per heavy atom. The van der Waals surface area contributed by atoms with Crippen molar-refractivity contribution in [2.75, 3.05) is 4.72 Å². The fraction of sp³-hybridized carbons (Fsp3) is 0.0667. The normalized spacial score (nSPS) is 12.0. The van der Waals surface area contributed by atoms with Crippen LogP contribution in [0, 0.1) is 11.6 Å². The summed E-state index contributed by atoms with van der Waals surface area (Å²) in [6, 6.07) is 19.8. The molecule has 0 amide bonds. The first kappa shape index (κ1) is 31.0. The number of anilines is 1. The molecule has 15 heteroatoms. The summed E-state index contributed by atoms with van der Waals surface area (Å²) in [5.41, 5.74) is 4.21. The van der Waals surface area contributed by atoms with Gasteiger partial charge in [0.05, 0.1) is 16.3 Å². The zero-order chi connectivity index (χ0) is 32.3. The Bertz CT molecular complexity index is 2010. The topological polar surface area (TPSA) is 123 Å². The van der Waals surface area contributed by atoms with E-state index in [0.29, 0.717) is 27.5 Å². The molecule has 0 saturated heterocycles. The average Bonchev–Trinajstić information content (AvgIpc) is 3.67. The number of alkyl halides is 3. The van der Waals surface area contributed by atoms with Gasteiger partial charge in [0.25, 0.3) is 0 Å². The van der Waals surface area contributed by atoms with Gasteiger partial charge in [-0.05, 0) is 59.0 Å². The van der Waals surface area contributed by atoms with Crippen LogP contribution in [0.1, 0.15) is 0 Å². The monoisotopic (exact) mass is 641 g/mol. The van der Waals surface area contributed by atoms with Crippen molar-refractivity contribution in [3.63, 3.8) is 0 Å². The van der Waals surface area contributed by atoms with Crippen molar-refractivity contribution in [2.45, 2.75) is 11.1 Å². The SMILES string of the molecule is Cn1nccc1-c1cc(-c2cc(F)cc(F)c2)ccc1-c1nccc2cc(S(=O)Nc3ccon3)ccc12.O=C(O)C(F)(F)F. The van der Waals surface area contributed by atoms with Gasteiger partial charge in [-0.15, -0.1) is 0 Å². The van der Waals surface area contributed by atoms with Gasteiger partial charge in [0, 0.05) is 48.1 Å². The number of halogens is 5. The highest BCUT2D eigenvalue weighted by Crippen LogP contribution is 2.38. The molecule has 45 heavy (non-hydrogen) atoms. The lowest BCUT2D eigenvalue weighted by Crippen LogP contribution is -2.21. The molecule has 6 aromatic rings. The van der Waals surface area contributed by atoms with Crippen LogP contribution in [0.15, 0.2) is 101 Å². The summed E-state index contributed by atoms with van der Waals surface area (Å²) in [6.07, 6.45) is -0.306. The van der Waals surface area contributed by atoms with Gasteiger partial charge < -0.3 is 9.63 Å². The molecule has 3 aromatic carbocycles. The highest BCUT2D eigenvalue weighted by atomic mass is 32.2. The number of rotatable bonds is 6. The highest BCUT2D eigenvalue weighted by molar-refractivity contribution is 7.86. The van der Waals surface area contributed by atoms with Gasteiger partial charge in [-0.1, -0.05) is 23.4 Å². The van der Waals surface area contributed by atoms with Crippen LogP contribution in [0.3, 0.4) is 0 Å². The molecule has 3 aromatic heterocycles. The summed E-state index contributed by atoms with van der Waals surface area (Å²) < 4.78 is 81.8. The number of pyridine rings is 1. The molecule has 0 aliphatic rings. The molecule has 3 heterocycles. The Morgan fingerprint density at radius 2 is 1.64 bits per heavy atom. The van der Waals surface area contributed by atoms with Gasteiger partial charge >= 0.3 is 12.1 Å². The lowest BCUT2D eigenvalue weighted by Gasteiger charge is -2.15. The maximum absolute atomic E-state index is 14.0. The van der Waals surface area contributed by atoms with E-state index in [4.69, 9.17) is 14.4 Å². The van der Waals surface area contributed by atoms with E-state index < -0.39 is 34.8 Å². The van der Waals surface area contributed by atoms with Crippen molar-refractivity contribution in [1.29, 1.82) is 0 Å². The van der Waals surface area contributed by atoms with Crippen LogP contribution >= 0.6 is 0 Å². The molecule has 0 bridgehead atoms. The van der Waals surface area contributed by atoms with E-state index in [1.165, 1.54) is 18.4 Å². The van der Waals surface area contributed by atoms with Gasteiger partial charge in [0.1, 0.15) is 17.9 Å². The second-order valence-corrected chi connectivity index (χ2v) is 10.6. The van der Waals surface area contributed by atoms with E-state index in [1.54, 1.807) is 29.2 Å². The van der Waals surface area contributed by atoms with E-state index >= 15 is 0 Å². The molecule has 230 valence electrons. The number of aryl methyl sites for hydroxylation is 1. The van der Waals surface area contributed by atoms with Crippen LogP contribution in [0.25, 0.3) is 44.4 Å². The van der Waals surface area contributed by atoms with Crippen LogP contribution in [-0.2, 0) is 22.8 Å². The minimum Gasteiger partial charge on any atom is -0.475 e. The van der Waals surface area contributed by atoms with Crippen LogP contribution in [0.2, 0.25) is 0 Å². The summed E-state index contributed by atoms with van der Waals surface area (Å²) >= 11 is 0. The molecule has 2 N–H and O–H groups in total. The van der Waals surface area contributed by atoms with E-state index in [9.17, 15) is 26.2 Å². The highest BCUT2D eigenvalue weighted by Gasteiger charge is 2.38. The predicted octanol–water partition coefficient (Wildman–Crippen LogP) is 7.00. The molecule has 6 rings (SSSR count). The van der Waals surface area contributed by atoms with E-state index in [-0.39, 0.29) is 0 Å². The number of aromatic nitrogens is 4. The lowest BCUT2D eigenvalue weighted by atomic mass is 9.93. The Balaban J connectivity index is 0.000000515. The zero-order valence-corrected chi connectivity index (χ0v) is 23.7. The van der Waals surface area contributed by atoms with Crippen LogP contribution < -0.4 is 4.72 Å². The quantitative estimate of drug-likeness (QED) is 0.188. The van der Waals surface area contributed by atoms with Gasteiger partial charge in [-0.25, -0.2) is 17.8 Å². The number of nitrogens with zero attached hydrogens (tertiary/aromatic N) is 4. The third-order valence-corrected chi connectivity index (χ3v) is 7.47. The molecule has 0 aliphatic carbocycles. The number of nitrogens with one attached hydrogen (secondary N) is 1. The van der Waals surface area contributed by atoms with Crippen molar-refractivity contribution in [3.8, 4) is 33.6 Å². The molecule has 0 fully saturated rings. The number of carbonyl (C=O) groups is 1. The van der Waals surface area contributed by atoms with E-state index in [2.05, 4.69) is 20.0 Å². The Morgan fingerprint density at radius 1 is 0.911 bits per heavy atom. The van der Waals surface area contributed by atoms with Crippen molar-refractivity contribution in [3.05, 3.63) is 103 Å². The van der Waals surface area contributed by atoms with Crippen molar-refractivity contribution < 1.29 is 40.6 Å². The van der Waals surface area contributed by atoms with Gasteiger partial charge in [-0.2, -0.15) is 18.3 Å². The second kappa shape index (κ2) is 12.7. The fourth-order valence-corrected chi connectivity index (χ4v) is 5.24. The third-order valence-electron chi connectivity index (χ3n) is 6.39. The molecule has 0 saturated carbocycles. The van der Waals surface area contributed by atoms with Gasteiger partial charge in [0.15, 0.2) is 16.8 Å². The van der Waals surface area contributed by atoms with Crippen LogP contribution in [0.4, 0.5) is 27.8 Å². The largest absolute Gasteiger partial charge is 0.490 e. The minimum atomic E-state index is -5.08. The minimum absolute atomic E-state index is 0.373. The first-order valence-corrected chi connectivity index (χ1v) is 13.9. The Hall–Kier alpha value is -5.44. The number of fused-ring (bicyclic) bond motifs is 1. The summed E-state index contributed by atoms with van der Waals surface area (Å²) in [4.78, 5) is 14.1. The number of carboxylic acids is 1. The van der Waals surface area contributed by atoms with Crippen LogP contribution in [-0.4, -0.2) is 41.4 Å². The smallest absolute Gasteiger partial charge is 0.475 e. The van der Waals surface area contributed by atoms with Gasteiger partial charge in [-0.3, -0.25) is 14.4 Å². The maximum atomic E-state index is 14.0. The molecule has 9 nitrogen and oxygen atoms in total. The maximum Gasteiger partial charge on any atom is 0.490 e. The zero-order valence-electron chi connectivity index (χ0n) is 22.9. The summed E-state index contributed by atoms with van der Waals surface area (Å²) in [5, 5.41) is 16.9. The number of benzene rings is 3. The summed E-state index contributed by atoms with van der Waals surface area (Å²) in [6.45, 7) is 0. The number of aliphatic carboxylic acids is 1. The number of hydrogen-bond donors (Lipinski definition) is 2. The molecule has 0 radical (unpaired) electrons. The van der Waals surface area contributed by atoms with Crippen molar-refractivity contribution >= 4 is 33.5 Å². The molecular weight excluding hydrogens is 621 g/mol. The first-order chi connectivity index (χ1) is 21.4.